The van der Waals surface area contributed by atoms with Crippen molar-refractivity contribution in [2.45, 2.75) is 17.9 Å². The topological polar surface area (TPSA) is 101 Å². The van der Waals surface area contributed by atoms with E-state index < -0.39 is 22.5 Å². The van der Waals surface area contributed by atoms with Gasteiger partial charge in [0.25, 0.3) is 5.91 Å². The Morgan fingerprint density at radius 1 is 1.09 bits per heavy atom. The van der Waals surface area contributed by atoms with E-state index in [-0.39, 0.29) is 11.4 Å². The number of hydrogen-bond donors (Lipinski definition) is 2. The first-order valence-electron chi connectivity index (χ1n) is 9.93. The van der Waals surface area contributed by atoms with Gasteiger partial charge in [0.1, 0.15) is 5.75 Å². The van der Waals surface area contributed by atoms with Gasteiger partial charge in [-0.3, -0.25) is 10.0 Å². The fourth-order valence-corrected chi connectivity index (χ4v) is 4.41. The summed E-state index contributed by atoms with van der Waals surface area (Å²) < 4.78 is 34.9. The zero-order valence-corrected chi connectivity index (χ0v) is 18.2. The van der Waals surface area contributed by atoms with Crippen molar-refractivity contribution in [2.24, 2.45) is 0 Å². The molecule has 9 heteroatoms. The molecule has 0 aliphatic heterocycles. The summed E-state index contributed by atoms with van der Waals surface area (Å²) in [6.07, 6.45) is 6.21. The Bertz CT molecular complexity index is 1130. The first kappa shape index (κ1) is 23.3. The van der Waals surface area contributed by atoms with E-state index in [1.54, 1.807) is 30.3 Å². The fraction of sp³-hybridized carbons (Fsp3) is 0.174. The number of carbonyl (C=O) groups excluding carboxylic acids is 1. The highest BCUT2D eigenvalue weighted by Crippen LogP contribution is 2.22. The average molecular weight is 456 g/mol. The molecule has 1 aromatic heterocycles. The van der Waals surface area contributed by atoms with Crippen LogP contribution in [0.2, 0.25) is 0 Å². The molecule has 0 radical (unpaired) electrons. The molecule has 0 unspecified atom stereocenters. The number of hydroxylamine groups is 1. The van der Waals surface area contributed by atoms with E-state index in [9.17, 15) is 13.2 Å². The highest BCUT2D eigenvalue weighted by Gasteiger charge is 2.27. The summed E-state index contributed by atoms with van der Waals surface area (Å²) >= 11 is 0. The third-order valence-corrected chi connectivity index (χ3v) is 6.50. The smallest absolute Gasteiger partial charge is 0.258 e. The lowest BCUT2D eigenvalue weighted by Crippen LogP contribution is -2.39. The number of benzene rings is 2. The summed E-state index contributed by atoms with van der Waals surface area (Å²) in [5, 5.41) is 8.92. The van der Waals surface area contributed by atoms with Crippen LogP contribution >= 0.6 is 0 Å². The molecule has 3 aromatic rings. The van der Waals surface area contributed by atoms with Gasteiger partial charge in [0.15, 0.2) is 0 Å². The molecule has 0 spiro atoms. The molecule has 1 heterocycles. The van der Waals surface area contributed by atoms with Gasteiger partial charge in [0.05, 0.1) is 18.0 Å². The van der Waals surface area contributed by atoms with Crippen LogP contribution in [0.4, 0.5) is 0 Å². The Balaban J connectivity index is 1.80. The number of amides is 1. The molecule has 0 bridgehead atoms. The molecule has 0 aliphatic carbocycles. The predicted octanol–water partition coefficient (Wildman–Crippen LogP) is 3.13. The van der Waals surface area contributed by atoms with Crippen molar-refractivity contribution < 1.29 is 23.2 Å². The van der Waals surface area contributed by atoms with Crippen molar-refractivity contribution in [1.82, 2.24) is 14.4 Å². The molecule has 2 N–H and O–H groups in total. The Hall–Kier alpha value is -3.40. The van der Waals surface area contributed by atoms with Crippen LogP contribution in [-0.2, 0) is 21.4 Å². The third-order valence-electron chi connectivity index (χ3n) is 4.69. The number of nitrogens with one attached hydrogen (secondary N) is 1. The molecular formula is C23H25N3O5S. The molecule has 1 amide bonds. The van der Waals surface area contributed by atoms with Crippen LogP contribution < -0.4 is 10.2 Å². The van der Waals surface area contributed by atoms with E-state index in [2.05, 4.69) is 6.58 Å². The summed E-state index contributed by atoms with van der Waals surface area (Å²) in [5.41, 5.74) is 3.11. The van der Waals surface area contributed by atoms with E-state index in [0.717, 1.165) is 9.99 Å². The van der Waals surface area contributed by atoms with E-state index >= 15 is 0 Å². The standard InChI is InChI=1S/C23H25N3O5S/c1-2-3-16-31-21-10-12-22(13-11-21)32(29,30)26(18-23(27)24-28)17-19-6-8-20(9-7-19)25-14-4-5-15-25/h2,4-15,28H,1,3,16-18H2,(H,24,27). The van der Waals surface area contributed by atoms with E-state index in [1.165, 1.54) is 17.6 Å². The number of sulfonamides is 1. The molecule has 8 nitrogen and oxygen atoms in total. The number of rotatable bonds is 11. The van der Waals surface area contributed by atoms with E-state index in [4.69, 9.17) is 9.94 Å². The van der Waals surface area contributed by atoms with Crippen LogP contribution in [0.15, 0.2) is 90.6 Å². The maximum absolute atomic E-state index is 13.2. The average Bonchev–Trinajstić information content (AvgIpc) is 3.34. The maximum atomic E-state index is 13.2. The molecule has 0 atom stereocenters. The molecule has 0 saturated carbocycles. The summed E-state index contributed by atoms with van der Waals surface area (Å²) in [5.74, 6) is -0.298. The van der Waals surface area contributed by atoms with Crippen molar-refractivity contribution in [3.8, 4) is 11.4 Å². The molecule has 32 heavy (non-hydrogen) atoms. The quantitative estimate of drug-likeness (QED) is 0.200. The molecule has 0 aliphatic rings. The number of nitrogens with zero attached hydrogens (tertiary/aromatic N) is 2. The predicted molar refractivity (Wildman–Crippen MR) is 120 cm³/mol. The van der Waals surface area contributed by atoms with Crippen molar-refractivity contribution in [1.29, 1.82) is 0 Å². The van der Waals surface area contributed by atoms with E-state index in [0.29, 0.717) is 24.3 Å². The zero-order valence-electron chi connectivity index (χ0n) is 17.4. The number of ether oxygens (including phenoxy) is 1. The molecule has 0 fully saturated rings. The van der Waals surface area contributed by atoms with Crippen LogP contribution in [0.1, 0.15) is 12.0 Å². The van der Waals surface area contributed by atoms with Gasteiger partial charge in [-0.2, -0.15) is 4.31 Å². The molecule has 3 rings (SSSR count). The van der Waals surface area contributed by atoms with Gasteiger partial charge in [-0.15, -0.1) is 6.58 Å². The van der Waals surface area contributed by atoms with Crippen molar-refractivity contribution >= 4 is 15.9 Å². The van der Waals surface area contributed by atoms with Gasteiger partial charge in [0, 0.05) is 24.6 Å². The minimum absolute atomic E-state index is 0.0169. The fourth-order valence-electron chi connectivity index (χ4n) is 3.02. The van der Waals surface area contributed by atoms with Gasteiger partial charge in [-0.1, -0.05) is 18.2 Å². The number of hydrogen-bond acceptors (Lipinski definition) is 5. The van der Waals surface area contributed by atoms with Crippen LogP contribution in [0, 0.1) is 0 Å². The number of carbonyl (C=O) groups is 1. The lowest BCUT2D eigenvalue weighted by molar-refractivity contribution is -0.129. The second-order valence-corrected chi connectivity index (χ2v) is 8.90. The molecule has 0 saturated heterocycles. The van der Waals surface area contributed by atoms with Crippen molar-refractivity contribution in [3.63, 3.8) is 0 Å². The van der Waals surface area contributed by atoms with Crippen LogP contribution in [0.5, 0.6) is 5.75 Å². The summed E-state index contributed by atoms with van der Waals surface area (Å²) in [6.45, 7) is 3.49. The van der Waals surface area contributed by atoms with Gasteiger partial charge in [-0.05, 0) is 60.5 Å². The van der Waals surface area contributed by atoms with Crippen LogP contribution in [0.3, 0.4) is 0 Å². The van der Waals surface area contributed by atoms with Crippen LogP contribution in [-0.4, -0.2) is 41.6 Å². The molecule has 2 aromatic carbocycles. The summed E-state index contributed by atoms with van der Waals surface area (Å²) in [7, 11) is -4.02. The largest absolute Gasteiger partial charge is 0.493 e. The minimum Gasteiger partial charge on any atom is -0.493 e. The first-order chi connectivity index (χ1) is 15.4. The maximum Gasteiger partial charge on any atom is 0.258 e. The lowest BCUT2D eigenvalue weighted by Gasteiger charge is -2.21. The number of aromatic nitrogens is 1. The third kappa shape index (κ3) is 5.85. The SMILES string of the molecule is C=CCCOc1ccc(S(=O)(=O)N(CC(=O)NO)Cc2ccc(-n3cccc3)cc2)cc1. The van der Waals surface area contributed by atoms with Gasteiger partial charge >= 0.3 is 0 Å². The van der Waals surface area contributed by atoms with Crippen molar-refractivity contribution in [3.05, 3.63) is 91.3 Å². The van der Waals surface area contributed by atoms with Gasteiger partial charge in [-0.25, -0.2) is 13.9 Å². The Kier molecular flexibility index (Phi) is 7.82. The molecule has 168 valence electrons. The summed E-state index contributed by atoms with van der Waals surface area (Å²) in [6, 6.07) is 17.1. The molecular weight excluding hydrogens is 430 g/mol. The van der Waals surface area contributed by atoms with E-state index in [1.807, 2.05) is 41.2 Å². The zero-order chi connectivity index (χ0) is 23.0. The van der Waals surface area contributed by atoms with Gasteiger partial charge in [0.2, 0.25) is 10.0 Å². The highest BCUT2D eigenvalue weighted by atomic mass is 32.2. The first-order valence-corrected chi connectivity index (χ1v) is 11.4. The Labute approximate surface area is 187 Å². The Morgan fingerprint density at radius 2 is 1.75 bits per heavy atom. The lowest BCUT2D eigenvalue weighted by atomic mass is 10.2. The second-order valence-electron chi connectivity index (χ2n) is 6.96. The minimum atomic E-state index is -4.02. The van der Waals surface area contributed by atoms with Gasteiger partial charge < -0.3 is 9.30 Å². The van der Waals surface area contributed by atoms with Crippen molar-refractivity contribution in [2.75, 3.05) is 13.2 Å². The second kappa shape index (κ2) is 10.8. The van der Waals surface area contributed by atoms with Crippen LogP contribution in [0.25, 0.3) is 5.69 Å². The highest BCUT2D eigenvalue weighted by molar-refractivity contribution is 7.89. The Morgan fingerprint density at radius 3 is 2.34 bits per heavy atom. The normalized spacial score (nSPS) is 11.3. The summed E-state index contributed by atoms with van der Waals surface area (Å²) in [4.78, 5) is 11.8. The monoisotopic (exact) mass is 455 g/mol.